The van der Waals surface area contributed by atoms with Crippen LogP contribution in [0.25, 0.3) is 22.6 Å². The summed E-state index contributed by atoms with van der Waals surface area (Å²) in [4.78, 5) is 7.50. The van der Waals surface area contributed by atoms with Crippen molar-refractivity contribution in [2.24, 2.45) is 5.14 Å². The highest BCUT2D eigenvalue weighted by atomic mass is 32.2. The number of aromatic amines is 1. The van der Waals surface area contributed by atoms with E-state index in [2.05, 4.69) is 9.97 Å². The van der Waals surface area contributed by atoms with E-state index in [4.69, 9.17) is 5.14 Å². The van der Waals surface area contributed by atoms with Crippen molar-refractivity contribution >= 4 is 10.0 Å². The summed E-state index contributed by atoms with van der Waals surface area (Å²) >= 11 is 0. The summed E-state index contributed by atoms with van der Waals surface area (Å²) in [7, 11) is -3.78. The molecule has 0 aliphatic rings. The van der Waals surface area contributed by atoms with Gasteiger partial charge in [0.1, 0.15) is 5.82 Å². The molecule has 0 amide bonds. The lowest BCUT2D eigenvalue weighted by molar-refractivity contribution is 0.598. The highest BCUT2D eigenvalue weighted by molar-refractivity contribution is 7.89. The molecule has 106 valence electrons. The average Bonchev–Trinajstić information content (AvgIpc) is 2.97. The Morgan fingerprint density at radius 3 is 2.33 bits per heavy atom. The minimum atomic E-state index is -3.78. The van der Waals surface area contributed by atoms with Gasteiger partial charge < -0.3 is 4.98 Å². The van der Waals surface area contributed by atoms with Crippen molar-refractivity contribution in [2.75, 3.05) is 0 Å². The van der Waals surface area contributed by atoms with E-state index in [1.54, 1.807) is 24.4 Å². The molecule has 0 aliphatic carbocycles. The fourth-order valence-corrected chi connectivity index (χ4v) is 2.89. The number of hydrogen-bond donors (Lipinski definition) is 2. The Kier molecular flexibility index (Phi) is 3.32. The van der Waals surface area contributed by atoms with Crippen molar-refractivity contribution in [2.45, 2.75) is 4.90 Å². The second-order valence-electron chi connectivity index (χ2n) is 4.55. The lowest BCUT2D eigenvalue weighted by Crippen LogP contribution is -2.13. The van der Waals surface area contributed by atoms with Crippen LogP contribution in [0.1, 0.15) is 0 Å². The van der Waals surface area contributed by atoms with Gasteiger partial charge in [-0.1, -0.05) is 48.5 Å². The van der Waals surface area contributed by atoms with Gasteiger partial charge in [-0.2, -0.15) is 0 Å². The molecule has 0 spiro atoms. The second kappa shape index (κ2) is 5.16. The van der Waals surface area contributed by atoms with Gasteiger partial charge in [0.05, 0.1) is 16.8 Å². The number of sulfonamides is 1. The van der Waals surface area contributed by atoms with E-state index in [0.29, 0.717) is 17.1 Å². The monoisotopic (exact) mass is 299 g/mol. The molecule has 0 bridgehead atoms. The molecule has 0 unspecified atom stereocenters. The topological polar surface area (TPSA) is 88.8 Å². The van der Waals surface area contributed by atoms with Crippen LogP contribution in [0, 0.1) is 0 Å². The third-order valence-electron chi connectivity index (χ3n) is 3.11. The zero-order valence-electron chi connectivity index (χ0n) is 11.0. The number of rotatable bonds is 3. The molecule has 5 nitrogen and oxygen atoms in total. The minimum Gasteiger partial charge on any atom is -0.338 e. The Balaban J connectivity index is 2.10. The van der Waals surface area contributed by atoms with Crippen LogP contribution in [-0.2, 0) is 10.0 Å². The quantitative estimate of drug-likeness (QED) is 0.778. The Labute approximate surface area is 122 Å². The normalized spacial score (nSPS) is 11.5. The molecule has 0 radical (unpaired) electrons. The Morgan fingerprint density at radius 2 is 1.62 bits per heavy atom. The van der Waals surface area contributed by atoms with Crippen LogP contribution in [0.2, 0.25) is 0 Å². The van der Waals surface area contributed by atoms with Gasteiger partial charge in [0.25, 0.3) is 0 Å². The van der Waals surface area contributed by atoms with Crippen molar-refractivity contribution in [3.8, 4) is 22.6 Å². The van der Waals surface area contributed by atoms with Crippen LogP contribution in [0.5, 0.6) is 0 Å². The number of hydrogen-bond acceptors (Lipinski definition) is 3. The van der Waals surface area contributed by atoms with Crippen molar-refractivity contribution in [1.29, 1.82) is 0 Å². The summed E-state index contributed by atoms with van der Waals surface area (Å²) < 4.78 is 23.3. The molecule has 1 aromatic heterocycles. The summed E-state index contributed by atoms with van der Waals surface area (Å²) in [5, 5.41) is 5.25. The number of H-pyrrole nitrogens is 1. The molecule has 6 heteroatoms. The first kappa shape index (κ1) is 13.5. The first-order valence-corrected chi connectivity index (χ1v) is 7.83. The molecular weight excluding hydrogens is 286 g/mol. The zero-order valence-corrected chi connectivity index (χ0v) is 11.8. The largest absolute Gasteiger partial charge is 0.338 e. The summed E-state index contributed by atoms with van der Waals surface area (Å²) in [5.74, 6) is 0.676. The van der Waals surface area contributed by atoms with Crippen LogP contribution in [0.15, 0.2) is 65.7 Å². The van der Waals surface area contributed by atoms with Crippen LogP contribution in [-0.4, -0.2) is 18.4 Å². The average molecular weight is 299 g/mol. The zero-order chi connectivity index (χ0) is 14.9. The van der Waals surface area contributed by atoms with Gasteiger partial charge in [0.2, 0.25) is 10.0 Å². The fourth-order valence-electron chi connectivity index (χ4n) is 2.14. The van der Waals surface area contributed by atoms with E-state index in [-0.39, 0.29) is 4.90 Å². The summed E-state index contributed by atoms with van der Waals surface area (Å²) in [6, 6.07) is 16.2. The van der Waals surface area contributed by atoms with E-state index in [0.717, 1.165) is 5.56 Å². The number of nitrogens with zero attached hydrogens (tertiary/aromatic N) is 1. The highest BCUT2D eigenvalue weighted by Crippen LogP contribution is 2.27. The lowest BCUT2D eigenvalue weighted by atomic mass is 10.2. The molecule has 0 atom stereocenters. The van der Waals surface area contributed by atoms with Gasteiger partial charge in [-0.15, -0.1) is 0 Å². The molecule has 3 aromatic rings. The molecule has 3 N–H and O–H groups in total. The van der Waals surface area contributed by atoms with Gasteiger partial charge in [0, 0.05) is 11.1 Å². The SMILES string of the molecule is NS(=O)(=O)c1ccccc1-c1cnc(-c2ccccc2)[nH]1. The molecule has 0 saturated heterocycles. The Morgan fingerprint density at radius 1 is 0.952 bits per heavy atom. The summed E-state index contributed by atoms with van der Waals surface area (Å²) in [6.45, 7) is 0. The molecule has 0 aliphatic heterocycles. The smallest absolute Gasteiger partial charge is 0.238 e. The minimum absolute atomic E-state index is 0.0771. The fraction of sp³-hybridized carbons (Fsp3) is 0. The molecular formula is C15H13N3O2S. The maximum atomic E-state index is 11.6. The Bertz CT molecular complexity index is 871. The Hall–Kier alpha value is -2.44. The molecule has 1 heterocycles. The molecule has 0 fully saturated rings. The standard InChI is InChI=1S/C15H13N3O2S/c16-21(19,20)14-9-5-4-8-12(14)13-10-17-15(18-13)11-6-2-1-3-7-11/h1-10H,(H,17,18)(H2,16,19,20). The van der Waals surface area contributed by atoms with Crippen molar-refractivity contribution < 1.29 is 8.42 Å². The van der Waals surface area contributed by atoms with E-state index in [1.165, 1.54) is 6.07 Å². The predicted octanol–water partition coefficient (Wildman–Crippen LogP) is 2.39. The van der Waals surface area contributed by atoms with E-state index < -0.39 is 10.0 Å². The van der Waals surface area contributed by atoms with Crippen LogP contribution < -0.4 is 5.14 Å². The third kappa shape index (κ3) is 2.72. The third-order valence-corrected chi connectivity index (χ3v) is 4.08. The van der Waals surface area contributed by atoms with E-state index in [9.17, 15) is 8.42 Å². The van der Waals surface area contributed by atoms with Gasteiger partial charge in [-0.25, -0.2) is 18.5 Å². The lowest BCUT2D eigenvalue weighted by Gasteiger charge is -2.05. The van der Waals surface area contributed by atoms with Gasteiger partial charge in [0.15, 0.2) is 0 Å². The molecule has 0 saturated carbocycles. The van der Waals surface area contributed by atoms with Crippen LogP contribution >= 0.6 is 0 Å². The number of aromatic nitrogens is 2. The molecule has 3 rings (SSSR count). The van der Waals surface area contributed by atoms with Crippen molar-refractivity contribution in [3.05, 3.63) is 60.8 Å². The van der Waals surface area contributed by atoms with Crippen molar-refractivity contribution in [1.82, 2.24) is 9.97 Å². The maximum Gasteiger partial charge on any atom is 0.238 e. The highest BCUT2D eigenvalue weighted by Gasteiger charge is 2.16. The first-order valence-electron chi connectivity index (χ1n) is 6.28. The van der Waals surface area contributed by atoms with Crippen molar-refractivity contribution in [3.63, 3.8) is 0 Å². The first-order chi connectivity index (χ1) is 10.1. The number of benzene rings is 2. The summed E-state index contributed by atoms with van der Waals surface area (Å²) in [5.41, 5.74) is 2.05. The van der Waals surface area contributed by atoms with E-state index in [1.807, 2.05) is 30.3 Å². The van der Waals surface area contributed by atoms with Gasteiger partial charge in [-0.3, -0.25) is 0 Å². The van der Waals surface area contributed by atoms with Crippen LogP contribution in [0.3, 0.4) is 0 Å². The number of primary sulfonamides is 1. The number of imidazole rings is 1. The number of nitrogens with two attached hydrogens (primary N) is 1. The molecule has 2 aromatic carbocycles. The van der Waals surface area contributed by atoms with E-state index >= 15 is 0 Å². The summed E-state index contributed by atoms with van der Waals surface area (Å²) in [6.07, 6.45) is 1.60. The molecule has 21 heavy (non-hydrogen) atoms. The van der Waals surface area contributed by atoms with Gasteiger partial charge >= 0.3 is 0 Å². The number of nitrogens with one attached hydrogen (secondary N) is 1. The van der Waals surface area contributed by atoms with Crippen LogP contribution in [0.4, 0.5) is 0 Å². The second-order valence-corrected chi connectivity index (χ2v) is 6.08. The predicted molar refractivity (Wildman–Crippen MR) is 80.8 cm³/mol. The maximum absolute atomic E-state index is 11.6. The van der Waals surface area contributed by atoms with Gasteiger partial charge in [-0.05, 0) is 6.07 Å².